The maximum Gasteiger partial charge on any atom is 0.411 e. The highest BCUT2D eigenvalue weighted by molar-refractivity contribution is 7.98. The predicted octanol–water partition coefficient (Wildman–Crippen LogP) is 6.10. The normalized spacial score (nSPS) is 17.0. The number of nitro benzene ring substituents is 2. The number of esters is 2. The SMILES string of the molecule is COC(=O)c1cc([N+](=O)[O-])c(N2CCN(C(=O)OC(C)(C)C)[C@H](C(C)C)C2=O)cc1S(C)(=O)=O.COC(=O)c1cc([N+](=O)[O-])c(N2CCN(C(=O)OC(C)(C)C)[C@H](C(C)C)C2=O)cc1SC. The van der Waals surface area contributed by atoms with Crippen molar-refractivity contribution in [2.75, 3.05) is 62.7 Å². The quantitative estimate of drug-likeness (QED) is 0.0854. The third-order valence-corrected chi connectivity index (χ3v) is 11.8. The number of rotatable bonds is 10. The van der Waals surface area contributed by atoms with Crippen LogP contribution in [0.15, 0.2) is 34.1 Å². The van der Waals surface area contributed by atoms with Crippen LogP contribution in [0.3, 0.4) is 0 Å². The molecule has 0 spiro atoms. The van der Waals surface area contributed by atoms with Gasteiger partial charge in [-0.1, -0.05) is 27.7 Å². The van der Waals surface area contributed by atoms with Gasteiger partial charge >= 0.3 is 24.1 Å². The summed E-state index contributed by atoms with van der Waals surface area (Å²) in [5.41, 5.74) is -3.24. The van der Waals surface area contributed by atoms with Gasteiger partial charge in [0, 0.05) is 49.5 Å². The Hall–Kier alpha value is -6.04. The van der Waals surface area contributed by atoms with Crippen molar-refractivity contribution in [1.29, 1.82) is 0 Å². The fourth-order valence-electron chi connectivity index (χ4n) is 7.17. The van der Waals surface area contributed by atoms with Crippen LogP contribution in [-0.2, 0) is 38.4 Å². The molecule has 2 heterocycles. The Morgan fingerprint density at radius 1 is 0.682 bits per heavy atom. The maximum atomic E-state index is 13.5. The summed E-state index contributed by atoms with van der Waals surface area (Å²) in [6.07, 6.45) is 1.25. The van der Waals surface area contributed by atoms with Crippen LogP contribution in [0.2, 0.25) is 0 Å². The van der Waals surface area contributed by atoms with E-state index in [1.54, 1.807) is 75.5 Å². The second-order valence-electron chi connectivity index (χ2n) is 17.9. The van der Waals surface area contributed by atoms with E-state index < -0.39 is 95.1 Å². The first-order chi connectivity index (χ1) is 30.3. The van der Waals surface area contributed by atoms with Crippen LogP contribution in [0.1, 0.15) is 90.0 Å². The average Bonchev–Trinajstić information content (AvgIpc) is 3.20. The summed E-state index contributed by atoms with van der Waals surface area (Å²) < 4.78 is 44.9. The van der Waals surface area contributed by atoms with Crippen LogP contribution in [0.25, 0.3) is 0 Å². The van der Waals surface area contributed by atoms with Crippen molar-refractivity contribution in [3.63, 3.8) is 0 Å². The number of carbonyl (C=O) groups excluding carboxylic acids is 6. The fourth-order valence-corrected chi connectivity index (χ4v) is 8.63. The number of piperazine rings is 2. The molecule has 66 heavy (non-hydrogen) atoms. The number of benzene rings is 2. The summed E-state index contributed by atoms with van der Waals surface area (Å²) in [5, 5.41) is 23.6. The van der Waals surface area contributed by atoms with Crippen molar-refractivity contribution in [3.05, 3.63) is 55.6 Å². The van der Waals surface area contributed by atoms with Gasteiger partial charge in [-0.05, 0) is 71.8 Å². The van der Waals surface area contributed by atoms with E-state index in [9.17, 15) is 57.4 Å². The Bertz CT molecular complexity index is 2380. The Morgan fingerprint density at radius 2 is 1.05 bits per heavy atom. The topological polar surface area (TPSA) is 273 Å². The number of methoxy groups -OCH3 is 2. The van der Waals surface area contributed by atoms with E-state index in [0.717, 1.165) is 36.5 Å². The monoisotopic (exact) mass is 966 g/mol. The molecule has 364 valence electrons. The van der Waals surface area contributed by atoms with Crippen LogP contribution in [-0.4, -0.2) is 140 Å². The average molecular weight is 967 g/mol. The highest BCUT2D eigenvalue weighted by Crippen LogP contribution is 2.39. The molecule has 0 unspecified atom stereocenters. The third-order valence-electron chi connectivity index (χ3n) is 9.92. The Kier molecular flexibility index (Phi) is 17.3. The van der Waals surface area contributed by atoms with Crippen LogP contribution in [0, 0.1) is 32.1 Å². The van der Waals surface area contributed by atoms with Gasteiger partial charge in [-0.3, -0.25) is 39.6 Å². The molecule has 22 nitrogen and oxygen atoms in total. The van der Waals surface area contributed by atoms with Gasteiger partial charge < -0.3 is 28.7 Å². The molecule has 2 aromatic rings. The highest BCUT2D eigenvalue weighted by atomic mass is 32.2. The summed E-state index contributed by atoms with van der Waals surface area (Å²) in [7, 11) is -1.82. The summed E-state index contributed by atoms with van der Waals surface area (Å²) in [6.45, 7) is 17.3. The largest absolute Gasteiger partial charge is 0.465 e. The van der Waals surface area contributed by atoms with Crippen LogP contribution in [0.5, 0.6) is 0 Å². The van der Waals surface area contributed by atoms with E-state index in [-0.39, 0.29) is 60.6 Å². The smallest absolute Gasteiger partial charge is 0.411 e. The van der Waals surface area contributed by atoms with E-state index in [1.165, 1.54) is 39.6 Å². The molecule has 2 fully saturated rings. The molecule has 2 aliphatic rings. The molecule has 0 radical (unpaired) electrons. The van der Waals surface area contributed by atoms with Crippen LogP contribution in [0.4, 0.5) is 32.3 Å². The molecular formula is C42H58N6O16S2. The highest BCUT2D eigenvalue weighted by Gasteiger charge is 2.45. The van der Waals surface area contributed by atoms with Gasteiger partial charge in [-0.15, -0.1) is 11.8 Å². The molecule has 0 aliphatic carbocycles. The van der Waals surface area contributed by atoms with Gasteiger partial charge in [0.05, 0.1) is 40.1 Å². The first-order valence-corrected chi connectivity index (χ1v) is 23.6. The maximum absolute atomic E-state index is 13.5. The molecule has 2 saturated heterocycles. The number of ether oxygens (including phenoxy) is 4. The second-order valence-corrected chi connectivity index (χ2v) is 20.7. The van der Waals surface area contributed by atoms with Crippen LogP contribution >= 0.6 is 11.8 Å². The van der Waals surface area contributed by atoms with E-state index >= 15 is 0 Å². The minimum Gasteiger partial charge on any atom is -0.465 e. The zero-order chi connectivity index (χ0) is 50.5. The first-order valence-electron chi connectivity index (χ1n) is 20.5. The molecule has 24 heteroatoms. The number of nitrogens with zero attached hydrogens (tertiary/aromatic N) is 6. The molecule has 0 bridgehead atoms. The number of thioether (sulfide) groups is 1. The summed E-state index contributed by atoms with van der Waals surface area (Å²) >= 11 is 1.21. The molecular weight excluding hydrogens is 909 g/mol. The predicted molar refractivity (Wildman–Crippen MR) is 242 cm³/mol. The minimum absolute atomic E-state index is 0.00633. The lowest BCUT2D eigenvalue weighted by molar-refractivity contribution is -0.384. The second kappa shape index (κ2) is 21.1. The number of amides is 4. The summed E-state index contributed by atoms with van der Waals surface area (Å²) in [6, 6.07) is 2.44. The van der Waals surface area contributed by atoms with E-state index in [4.69, 9.17) is 14.2 Å². The Morgan fingerprint density at radius 3 is 1.36 bits per heavy atom. The fraction of sp³-hybridized carbons (Fsp3) is 0.571. The van der Waals surface area contributed by atoms with Crippen molar-refractivity contribution in [2.45, 2.75) is 102 Å². The Labute approximate surface area is 387 Å². The van der Waals surface area contributed by atoms with Gasteiger partial charge in [0.1, 0.15) is 34.7 Å². The number of hydrogen-bond acceptors (Lipinski definition) is 17. The number of anilines is 2. The van der Waals surface area contributed by atoms with Crippen molar-refractivity contribution in [3.8, 4) is 0 Å². The number of hydrogen-bond donors (Lipinski definition) is 0. The lowest BCUT2D eigenvalue weighted by Gasteiger charge is -2.42. The lowest BCUT2D eigenvalue weighted by atomic mass is 9.98. The van der Waals surface area contributed by atoms with Crippen molar-refractivity contribution in [2.24, 2.45) is 11.8 Å². The number of nitro groups is 2. The Balaban J connectivity index is 0.000000351. The lowest BCUT2D eigenvalue weighted by Crippen LogP contribution is -2.61. The van der Waals surface area contributed by atoms with Crippen molar-refractivity contribution < 1.29 is 66.0 Å². The van der Waals surface area contributed by atoms with Gasteiger partial charge in [-0.25, -0.2) is 27.6 Å². The molecule has 0 N–H and O–H groups in total. The molecule has 0 saturated carbocycles. The van der Waals surface area contributed by atoms with Crippen molar-refractivity contribution >= 4 is 80.3 Å². The molecule has 2 atom stereocenters. The van der Waals surface area contributed by atoms with Gasteiger partial charge in [0.2, 0.25) is 11.8 Å². The van der Waals surface area contributed by atoms with Gasteiger partial charge in [0.25, 0.3) is 11.4 Å². The zero-order valence-electron chi connectivity index (χ0n) is 39.5. The number of sulfone groups is 1. The summed E-state index contributed by atoms with van der Waals surface area (Å²) in [4.78, 5) is 104. The van der Waals surface area contributed by atoms with E-state index in [1.807, 2.05) is 0 Å². The molecule has 4 amide bonds. The molecule has 0 aromatic heterocycles. The standard InChI is InChI=1S/C21H29N3O9S.C21H29N3O7S/c1-12(2)17-18(25)22(8-9-23(17)20(27)33-21(3,4)5)14-11-16(34(7,30)31)13(19(26)32-6)10-15(14)24(28)29;1-12(2)17-18(25)22(8-9-23(17)20(27)31-21(3,4)5)14-11-16(32-7)13(19(26)30-6)10-15(14)24(28)29/h10-12,17H,8-9H2,1-7H3;10-12,17H,8-9H2,1-7H3/t2*17-/m11/s1. The van der Waals surface area contributed by atoms with Crippen LogP contribution < -0.4 is 9.80 Å². The third kappa shape index (κ3) is 12.6. The summed E-state index contributed by atoms with van der Waals surface area (Å²) in [5.74, 6) is -3.50. The van der Waals surface area contributed by atoms with Gasteiger partial charge in [0.15, 0.2) is 9.84 Å². The van der Waals surface area contributed by atoms with Crippen molar-refractivity contribution in [1.82, 2.24) is 9.80 Å². The van der Waals surface area contributed by atoms with Gasteiger partial charge in [-0.2, -0.15) is 0 Å². The first kappa shape index (κ1) is 54.3. The van der Waals surface area contributed by atoms with E-state index in [2.05, 4.69) is 4.74 Å². The van der Waals surface area contributed by atoms with E-state index in [0.29, 0.717) is 4.90 Å². The zero-order valence-corrected chi connectivity index (χ0v) is 41.1. The molecule has 4 rings (SSSR count). The number of carbonyl (C=O) groups is 6. The minimum atomic E-state index is -4.03. The molecule has 2 aromatic carbocycles. The molecule has 2 aliphatic heterocycles.